The van der Waals surface area contributed by atoms with Crippen molar-refractivity contribution in [3.63, 3.8) is 0 Å². The lowest BCUT2D eigenvalue weighted by atomic mass is 9.93. The van der Waals surface area contributed by atoms with Gasteiger partial charge in [0.05, 0.1) is 0 Å². The molecule has 146 valence electrons. The van der Waals surface area contributed by atoms with Crippen LogP contribution in [0.25, 0.3) is 0 Å². The molecule has 1 fully saturated rings. The number of hydrogen-bond acceptors (Lipinski definition) is 4. The van der Waals surface area contributed by atoms with E-state index in [9.17, 15) is 9.59 Å². The Morgan fingerprint density at radius 1 is 1.35 bits per heavy atom. The Bertz CT molecular complexity index is 624. The second-order valence-corrected chi connectivity index (χ2v) is 6.11. The maximum atomic E-state index is 11.5. The zero-order valence-electron chi connectivity index (χ0n) is 15.3. The van der Waals surface area contributed by atoms with Crippen LogP contribution in [-0.2, 0) is 11.3 Å². The van der Waals surface area contributed by atoms with Gasteiger partial charge < -0.3 is 25.7 Å². The molecule has 1 aliphatic rings. The maximum Gasteiger partial charge on any atom is 0.284 e. The molecular formula is C17H28IN5O3. The first kappa shape index (κ1) is 22.3. The van der Waals surface area contributed by atoms with Crippen LogP contribution in [0.15, 0.2) is 21.5 Å². The molecule has 2 rings (SSSR count). The van der Waals surface area contributed by atoms with E-state index < -0.39 is 5.91 Å². The fraction of sp³-hybridized carbons (Fsp3) is 0.588. The molecule has 0 spiro atoms. The van der Waals surface area contributed by atoms with Crippen LogP contribution in [0, 0.1) is 5.92 Å². The van der Waals surface area contributed by atoms with E-state index in [2.05, 4.69) is 20.5 Å². The highest BCUT2D eigenvalue weighted by Gasteiger charge is 2.23. The highest BCUT2D eigenvalue weighted by Crippen LogP contribution is 2.20. The molecular weight excluding hydrogens is 449 g/mol. The van der Waals surface area contributed by atoms with E-state index in [4.69, 9.17) is 10.2 Å². The molecule has 0 unspecified atom stereocenters. The van der Waals surface area contributed by atoms with Gasteiger partial charge >= 0.3 is 0 Å². The van der Waals surface area contributed by atoms with Crippen LogP contribution in [0.5, 0.6) is 0 Å². The van der Waals surface area contributed by atoms with Crippen molar-refractivity contribution >= 4 is 41.8 Å². The third-order valence-corrected chi connectivity index (χ3v) is 4.29. The Kier molecular flexibility index (Phi) is 9.46. The van der Waals surface area contributed by atoms with Crippen LogP contribution in [0.1, 0.15) is 42.5 Å². The minimum absolute atomic E-state index is 0. The van der Waals surface area contributed by atoms with Gasteiger partial charge in [0.2, 0.25) is 5.91 Å². The van der Waals surface area contributed by atoms with Crippen molar-refractivity contribution in [2.45, 2.75) is 32.7 Å². The number of carbonyl (C=O) groups excluding carboxylic acids is 2. The van der Waals surface area contributed by atoms with Crippen molar-refractivity contribution in [2.75, 3.05) is 26.7 Å². The van der Waals surface area contributed by atoms with Gasteiger partial charge in [0.15, 0.2) is 11.7 Å². The number of aliphatic imine (C=N–C) groups is 1. The second-order valence-electron chi connectivity index (χ2n) is 6.11. The van der Waals surface area contributed by atoms with Crippen molar-refractivity contribution in [1.82, 2.24) is 15.5 Å². The van der Waals surface area contributed by atoms with Gasteiger partial charge in [0, 0.05) is 33.1 Å². The molecule has 4 N–H and O–H groups in total. The number of nitrogens with one attached hydrogen (secondary N) is 2. The summed E-state index contributed by atoms with van der Waals surface area (Å²) in [4.78, 5) is 29.4. The number of rotatable bonds is 6. The third kappa shape index (κ3) is 6.50. The Morgan fingerprint density at radius 3 is 2.58 bits per heavy atom. The first-order valence-corrected chi connectivity index (χ1v) is 8.65. The minimum Gasteiger partial charge on any atom is -0.454 e. The molecule has 0 atom stereocenters. The number of nitrogens with two attached hydrogens (primary N) is 1. The predicted molar refractivity (Wildman–Crippen MR) is 110 cm³/mol. The summed E-state index contributed by atoms with van der Waals surface area (Å²) in [7, 11) is 1.67. The summed E-state index contributed by atoms with van der Waals surface area (Å²) in [5, 5.41) is 5.97. The number of hydrogen-bond donors (Lipinski definition) is 3. The number of primary amides is 1. The summed E-state index contributed by atoms with van der Waals surface area (Å²) < 4.78 is 5.36. The average Bonchev–Trinajstić information content (AvgIpc) is 3.08. The Balaban J connectivity index is 0.00000338. The topological polar surface area (TPSA) is 113 Å². The second kappa shape index (κ2) is 11.0. The molecule has 1 aromatic rings. The van der Waals surface area contributed by atoms with Crippen molar-refractivity contribution < 1.29 is 14.0 Å². The molecule has 0 saturated carbocycles. The van der Waals surface area contributed by atoms with E-state index in [0.29, 0.717) is 24.6 Å². The Morgan fingerprint density at radius 2 is 2.04 bits per heavy atom. The van der Waals surface area contributed by atoms with Crippen LogP contribution in [0.2, 0.25) is 0 Å². The van der Waals surface area contributed by atoms with Crippen LogP contribution in [0.4, 0.5) is 0 Å². The van der Waals surface area contributed by atoms with Crippen molar-refractivity contribution in [2.24, 2.45) is 16.6 Å². The summed E-state index contributed by atoms with van der Waals surface area (Å²) in [6, 6.07) is 3.27. The van der Waals surface area contributed by atoms with Gasteiger partial charge in [-0.15, -0.1) is 24.0 Å². The van der Waals surface area contributed by atoms with E-state index >= 15 is 0 Å². The quantitative estimate of drug-likeness (QED) is 0.325. The zero-order valence-corrected chi connectivity index (χ0v) is 17.6. The monoisotopic (exact) mass is 477 g/mol. The zero-order chi connectivity index (χ0) is 18.2. The average molecular weight is 477 g/mol. The fourth-order valence-electron chi connectivity index (χ4n) is 2.89. The van der Waals surface area contributed by atoms with E-state index in [0.717, 1.165) is 38.4 Å². The van der Waals surface area contributed by atoms with Crippen molar-refractivity contribution in [3.05, 3.63) is 23.7 Å². The van der Waals surface area contributed by atoms with Gasteiger partial charge in [-0.1, -0.05) is 0 Å². The molecule has 1 aromatic heterocycles. The highest BCUT2D eigenvalue weighted by atomic mass is 127. The van der Waals surface area contributed by atoms with E-state index in [1.165, 1.54) is 0 Å². The number of furan rings is 1. The molecule has 8 nitrogen and oxygen atoms in total. The molecule has 1 saturated heterocycles. The number of carbonyl (C=O) groups is 2. The number of likely N-dealkylation sites (tertiary alicyclic amines) is 1. The Hall–Kier alpha value is -1.78. The molecule has 0 aromatic carbocycles. The number of amides is 2. The van der Waals surface area contributed by atoms with Gasteiger partial charge in [-0.05, 0) is 37.8 Å². The van der Waals surface area contributed by atoms with Crippen molar-refractivity contribution in [1.29, 1.82) is 0 Å². The molecule has 0 radical (unpaired) electrons. The summed E-state index contributed by atoms with van der Waals surface area (Å²) in [5.41, 5.74) is 5.19. The van der Waals surface area contributed by atoms with E-state index in [-0.39, 0.29) is 35.6 Å². The third-order valence-electron chi connectivity index (χ3n) is 4.29. The minimum atomic E-state index is -0.583. The molecule has 2 amide bonds. The molecule has 9 heteroatoms. The van der Waals surface area contributed by atoms with E-state index in [1.54, 1.807) is 19.2 Å². The first-order chi connectivity index (χ1) is 12.0. The number of piperidine rings is 1. The van der Waals surface area contributed by atoms with Crippen LogP contribution in [0.3, 0.4) is 0 Å². The molecule has 0 aliphatic carbocycles. The lowest BCUT2D eigenvalue weighted by molar-refractivity contribution is -0.121. The van der Waals surface area contributed by atoms with E-state index in [1.807, 2.05) is 6.92 Å². The largest absolute Gasteiger partial charge is 0.454 e. The Labute approximate surface area is 171 Å². The normalized spacial score (nSPS) is 15.3. The number of halogens is 1. The van der Waals surface area contributed by atoms with Crippen LogP contribution < -0.4 is 16.4 Å². The first-order valence-electron chi connectivity index (χ1n) is 8.65. The molecule has 2 heterocycles. The standard InChI is InChI=1S/C17H27N5O3.HI/c1-3-20-17(21-11-13-4-5-14(25-13)16(18)24)22-8-6-12(7-9-22)10-15(23)19-2;/h4-5,12H,3,6-11H2,1-2H3,(H2,18,24)(H,19,23)(H,20,21);1H. The lowest BCUT2D eigenvalue weighted by Gasteiger charge is -2.34. The van der Waals surface area contributed by atoms with Gasteiger partial charge in [-0.3, -0.25) is 9.59 Å². The SMILES string of the molecule is CCNC(=NCc1ccc(C(N)=O)o1)N1CCC(CC(=O)NC)CC1.I. The number of nitrogens with zero attached hydrogens (tertiary/aromatic N) is 2. The highest BCUT2D eigenvalue weighted by molar-refractivity contribution is 14.0. The maximum absolute atomic E-state index is 11.5. The van der Waals surface area contributed by atoms with Gasteiger partial charge in [0.1, 0.15) is 12.3 Å². The van der Waals surface area contributed by atoms with Crippen molar-refractivity contribution in [3.8, 4) is 0 Å². The summed E-state index contributed by atoms with van der Waals surface area (Å²) in [5.74, 6) is 1.49. The fourth-order valence-corrected chi connectivity index (χ4v) is 2.89. The number of guanidine groups is 1. The molecule has 26 heavy (non-hydrogen) atoms. The lowest BCUT2D eigenvalue weighted by Crippen LogP contribution is -2.46. The predicted octanol–water partition coefficient (Wildman–Crippen LogP) is 1.31. The molecule has 1 aliphatic heterocycles. The summed E-state index contributed by atoms with van der Waals surface area (Å²) in [6.07, 6.45) is 2.51. The van der Waals surface area contributed by atoms with Crippen LogP contribution >= 0.6 is 24.0 Å². The summed E-state index contributed by atoms with van der Waals surface area (Å²) >= 11 is 0. The smallest absolute Gasteiger partial charge is 0.284 e. The van der Waals surface area contributed by atoms with Gasteiger partial charge in [0.25, 0.3) is 5.91 Å². The van der Waals surface area contributed by atoms with Gasteiger partial charge in [-0.2, -0.15) is 0 Å². The van der Waals surface area contributed by atoms with Gasteiger partial charge in [-0.25, -0.2) is 4.99 Å². The molecule has 0 bridgehead atoms. The summed E-state index contributed by atoms with van der Waals surface area (Å²) in [6.45, 7) is 4.85. The van der Waals surface area contributed by atoms with Crippen LogP contribution in [-0.4, -0.2) is 49.4 Å².